The van der Waals surface area contributed by atoms with Crippen molar-refractivity contribution in [1.82, 2.24) is 5.32 Å². The minimum absolute atomic E-state index is 0.125. The molecule has 1 aliphatic rings. The standard InChI is InChI=1S/C13H28N2O/c1-11-7-12(2,3)9-13(8-11,10-14)15-5-6-16-4/h11,15H,5-10,14H2,1-4H3. The maximum absolute atomic E-state index is 6.00. The largest absolute Gasteiger partial charge is 0.383 e. The molecule has 3 N–H and O–H groups in total. The van der Waals surface area contributed by atoms with E-state index in [1.807, 2.05) is 0 Å². The van der Waals surface area contributed by atoms with Gasteiger partial charge in [0.2, 0.25) is 0 Å². The average molecular weight is 228 g/mol. The fourth-order valence-corrected chi connectivity index (χ4v) is 3.52. The van der Waals surface area contributed by atoms with Crippen LogP contribution in [0.3, 0.4) is 0 Å². The summed E-state index contributed by atoms with van der Waals surface area (Å²) >= 11 is 0. The van der Waals surface area contributed by atoms with E-state index in [0.717, 1.165) is 25.6 Å². The summed E-state index contributed by atoms with van der Waals surface area (Å²) in [5.74, 6) is 0.752. The Kier molecular flexibility index (Phi) is 4.77. The van der Waals surface area contributed by atoms with Crippen molar-refractivity contribution in [2.24, 2.45) is 17.1 Å². The first-order valence-electron chi connectivity index (χ1n) is 6.37. The summed E-state index contributed by atoms with van der Waals surface area (Å²) in [6.45, 7) is 9.43. The van der Waals surface area contributed by atoms with Gasteiger partial charge in [0.1, 0.15) is 0 Å². The molecule has 2 atom stereocenters. The van der Waals surface area contributed by atoms with E-state index in [1.165, 1.54) is 19.3 Å². The fraction of sp³-hybridized carbons (Fsp3) is 1.00. The van der Waals surface area contributed by atoms with Crippen molar-refractivity contribution in [3.63, 3.8) is 0 Å². The van der Waals surface area contributed by atoms with E-state index in [1.54, 1.807) is 7.11 Å². The molecule has 0 saturated heterocycles. The molecule has 0 heterocycles. The van der Waals surface area contributed by atoms with Crippen molar-refractivity contribution in [3.8, 4) is 0 Å². The van der Waals surface area contributed by atoms with Crippen LogP contribution in [0.2, 0.25) is 0 Å². The van der Waals surface area contributed by atoms with Gasteiger partial charge in [0.05, 0.1) is 6.61 Å². The van der Waals surface area contributed by atoms with Crippen LogP contribution in [0, 0.1) is 11.3 Å². The lowest BCUT2D eigenvalue weighted by molar-refractivity contribution is 0.0787. The Hall–Kier alpha value is -0.120. The van der Waals surface area contributed by atoms with E-state index in [0.29, 0.717) is 5.41 Å². The maximum Gasteiger partial charge on any atom is 0.0587 e. The molecule has 0 aromatic rings. The lowest BCUT2D eigenvalue weighted by Gasteiger charge is -2.48. The van der Waals surface area contributed by atoms with Crippen LogP contribution in [-0.4, -0.2) is 32.3 Å². The summed E-state index contributed by atoms with van der Waals surface area (Å²) in [6.07, 6.45) is 3.67. The molecule has 0 bridgehead atoms. The van der Waals surface area contributed by atoms with E-state index in [-0.39, 0.29) is 5.54 Å². The second-order valence-corrected chi connectivity index (χ2v) is 6.26. The Bertz CT molecular complexity index is 218. The van der Waals surface area contributed by atoms with E-state index in [9.17, 15) is 0 Å². The third kappa shape index (κ3) is 3.72. The van der Waals surface area contributed by atoms with E-state index >= 15 is 0 Å². The molecule has 3 heteroatoms. The van der Waals surface area contributed by atoms with Crippen LogP contribution >= 0.6 is 0 Å². The van der Waals surface area contributed by atoms with Gasteiger partial charge in [-0.1, -0.05) is 20.8 Å². The summed E-state index contributed by atoms with van der Waals surface area (Å²) in [7, 11) is 1.74. The molecule has 0 spiro atoms. The van der Waals surface area contributed by atoms with Crippen molar-refractivity contribution in [2.45, 2.75) is 45.6 Å². The highest BCUT2D eigenvalue weighted by atomic mass is 16.5. The highest BCUT2D eigenvalue weighted by Crippen LogP contribution is 2.43. The van der Waals surface area contributed by atoms with Gasteiger partial charge in [0, 0.05) is 25.7 Å². The number of hydrogen-bond donors (Lipinski definition) is 2. The van der Waals surface area contributed by atoms with Gasteiger partial charge in [-0.25, -0.2) is 0 Å². The van der Waals surface area contributed by atoms with E-state index in [2.05, 4.69) is 26.1 Å². The molecule has 1 fully saturated rings. The van der Waals surface area contributed by atoms with Gasteiger partial charge in [0.25, 0.3) is 0 Å². The Morgan fingerprint density at radius 2 is 2.06 bits per heavy atom. The van der Waals surface area contributed by atoms with Crippen LogP contribution in [-0.2, 0) is 4.74 Å². The molecule has 1 rings (SSSR count). The Morgan fingerprint density at radius 1 is 1.38 bits per heavy atom. The molecule has 1 saturated carbocycles. The van der Waals surface area contributed by atoms with Gasteiger partial charge >= 0.3 is 0 Å². The minimum Gasteiger partial charge on any atom is -0.383 e. The molecule has 0 aromatic heterocycles. The monoisotopic (exact) mass is 228 g/mol. The van der Waals surface area contributed by atoms with Crippen LogP contribution in [0.5, 0.6) is 0 Å². The van der Waals surface area contributed by atoms with E-state index < -0.39 is 0 Å². The van der Waals surface area contributed by atoms with Gasteiger partial charge < -0.3 is 15.8 Å². The molecule has 96 valence electrons. The Labute approximate surface area is 100 Å². The van der Waals surface area contributed by atoms with Crippen LogP contribution in [0.25, 0.3) is 0 Å². The Balaban J connectivity index is 2.62. The van der Waals surface area contributed by atoms with Crippen molar-refractivity contribution in [1.29, 1.82) is 0 Å². The molecule has 0 amide bonds. The Morgan fingerprint density at radius 3 is 2.56 bits per heavy atom. The fourth-order valence-electron chi connectivity index (χ4n) is 3.52. The van der Waals surface area contributed by atoms with Crippen molar-refractivity contribution < 1.29 is 4.74 Å². The van der Waals surface area contributed by atoms with Crippen LogP contribution in [0.15, 0.2) is 0 Å². The summed E-state index contributed by atoms with van der Waals surface area (Å²) in [4.78, 5) is 0. The van der Waals surface area contributed by atoms with Crippen LogP contribution in [0.4, 0.5) is 0 Å². The summed E-state index contributed by atoms with van der Waals surface area (Å²) in [5, 5.41) is 3.62. The quantitative estimate of drug-likeness (QED) is 0.705. The lowest BCUT2D eigenvalue weighted by atomic mass is 9.64. The zero-order chi connectivity index (χ0) is 12.2. The number of methoxy groups -OCH3 is 1. The SMILES string of the molecule is COCCNC1(CN)CC(C)CC(C)(C)C1. The third-order valence-electron chi connectivity index (χ3n) is 3.65. The third-order valence-corrected chi connectivity index (χ3v) is 3.65. The number of hydrogen-bond acceptors (Lipinski definition) is 3. The van der Waals surface area contributed by atoms with Crippen LogP contribution in [0.1, 0.15) is 40.0 Å². The summed E-state index contributed by atoms with van der Waals surface area (Å²) < 4.78 is 5.10. The molecular weight excluding hydrogens is 200 g/mol. The first-order valence-corrected chi connectivity index (χ1v) is 6.37. The number of rotatable bonds is 5. The molecule has 0 aliphatic heterocycles. The highest BCUT2D eigenvalue weighted by Gasteiger charge is 2.41. The topological polar surface area (TPSA) is 47.3 Å². The smallest absolute Gasteiger partial charge is 0.0587 e. The molecule has 1 aliphatic carbocycles. The van der Waals surface area contributed by atoms with E-state index in [4.69, 9.17) is 10.5 Å². The van der Waals surface area contributed by atoms with Crippen molar-refractivity contribution in [3.05, 3.63) is 0 Å². The average Bonchev–Trinajstić information content (AvgIpc) is 2.15. The van der Waals surface area contributed by atoms with Gasteiger partial charge in [-0.05, 0) is 30.6 Å². The highest BCUT2D eigenvalue weighted by molar-refractivity contribution is 4.99. The second kappa shape index (κ2) is 5.48. The molecule has 2 unspecified atom stereocenters. The first-order chi connectivity index (χ1) is 7.43. The van der Waals surface area contributed by atoms with Crippen molar-refractivity contribution in [2.75, 3.05) is 26.8 Å². The predicted octanol–water partition coefficient (Wildman–Crippen LogP) is 1.77. The normalized spacial score (nSPS) is 33.9. The predicted molar refractivity (Wildman–Crippen MR) is 68.5 cm³/mol. The second-order valence-electron chi connectivity index (χ2n) is 6.26. The number of nitrogens with two attached hydrogens (primary N) is 1. The van der Waals surface area contributed by atoms with Gasteiger partial charge in [0.15, 0.2) is 0 Å². The molecule has 16 heavy (non-hydrogen) atoms. The molecular formula is C13H28N2O. The van der Waals surface area contributed by atoms with Crippen LogP contribution < -0.4 is 11.1 Å². The lowest BCUT2D eigenvalue weighted by Crippen LogP contribution is -2.57. The number of nitrogens with one attached hydrogen (secondary N) is 1. The molecule has 3 nitrogen and oxygen atoms in total. The zero-order valence-electron chi connectivity index (χ0n) is 11.3. The van der Waals surface area contributed by atoms with Gasteiger partial charge in [-0.3, -0.25) is 0 Å². The molecule has 0 aromatic carbocycles. The van der Waals surface area contributed by atoms with Gasteiger partial charge in [-0.15, -0.1) is 0 Å². The summed E-state index contributed by atoms with van der Waals surface area (Å²) in [6, 6.07) is 0. The van der Waals surface area contributed by atoms with Gasteiger partial charge in [-0.2, -0.15) is 0 Å². The maximum atomic E-state index is 6.00. The van der Waals surface area contributed by atoms with Crippen molar-refractivity contribution >= 4 is 0 Å². The zero-order valence-corrected chi connectivity index (χ0v) is 11.3. The molecule has 0 radical (unpaired) electrons. The number of ether oxygens (including phenoxy) is 1. The first kappa shape index (κ1) is 13.9. The summed E-state index contributed by atoms with van der Waals surface area (Å²) in [5.41, 5.74) is 6.53. The minimum atomic E-state index is 0.125.